The number of imide groups is 1. The lowest BCUT2D eigenvalue weighted by Gasteiger charge is -2.28. The van der Waals surface area contributed by atoms with Crippen molar-refractivity contribution in [2.75, 3.05) is 4.90 Å². The number of amides is 2. The Balaban J connectivity index is 1.81. The topological polar surface area (TPSA) is 37.4 Å². The van der Waals surface area contributed by atoms with E-state index in [1.165, 1.54) is 4.90 Å². The number of allylic oxidation sites excluding steroid dienone is 2. The Morgan fingerprint density at radius 3 is 2.71 bits per heavy atom. The van der Waals surface area contributed by atoms with Gasteiger partial charge in [-0.15, -0.1) is 0 Å². The lowest BCUT2D eigenvalue weighted by molar-refractivity contribution is -0.127. The molecule has 2 fully saturated rings. The van der Waals surface area contributed by atoms with Crippen molar-refractivity contribution in [3.8, 4) is 0 Å². The third-order valence-corrected chi connectivity index (χ3v) is 5.93. The summed E-state index contributed by atoms with van der Waals surface area (Å²) in [5.41, 5.74) is 0.955. The van der Waals surface area contributed by atoms with Crippen molar-refractivity contribution in [3.63, 3.8) is 0 Å². The van der Waals surface area contributed by atoms with E-state index in [2.05, 4.69) is 12.2 Å². The summed E-state index contributed by atoms with van der Waals surface area (Å²) < 4.78 is 0. The van der Waals surface area contributed by atoms with Crippen molar-refractivity contribution in [3.05, 3.63) is 40.9 Å². The fraction of sp³-hybridized carbons (Fsp3) is 0.412. The van der Waals surface area contributed by atoms with E-state index >= 15 is 0 Å². The van der Waals surface area contributed by atoms with E-state index < -0.39 is 5.41 Å². The number of fused-ring (bicyclic) bond motifs is 5. The average Bonchev–Trinajstić information content (AvgIpc) is 3.07. The zero-order valence-corrected chi connectivity index (χ0v) is 12.7. The van der Waals surface area contributed by atoms with Gasteiger partial charge in [0.25, 0.3) is 0 Å². The zero-order valence-electron chi connectivity index (χ0n) is 12.0. The van der Waals surface area contributed by atoms with Crippen LogP contribution in [0.5, 0.6) is 0 Å². The van der Waals surface area contributed by atoms with Crippen LogP contribution >= 0.6 is 11.6 Å². The number of nitrogens with zero attached hydrogens (tertiary/aromatic N) is 1. The number of hydrogen-bond donors (Lipinski definition) is 0. The predicted octanol–water partition coefficient (Wildman–Crippen LogP) is 3.35. The maximum atomic E-state index is 12.9. The van der Waals surface area contributed by atoms with Crippen LogP contribution in [0.4, 0.5) is 5.69 Å². The molecule has 1 aromatic rings. The normalized spacial score (nSPS) is 36.7. The van der Waals surface area contributed by atoms with Crippen molar-refractivity contribution >= 4 is 29.1 Å². The first-order chi connectivity index (χ1) is 9.94. The molecule has 108 valence electrons. The highest BCUT2D eigenvalue weighted by molar-refractivity contribution is 6.32. The number of aryl methyl sites for hydroxylation is 1. The number of anilines is 1. The van der Waals surface area contributed by atoms with Gasteiger partial charge in [-0.1, -0.05) is 29.8 Å². The molecule has 0 unspecified atom stereocenters. The van der Waals surface area contributed by atoms with Crippen LogP contribution in [-0.4, -0.2) is 11.8 Å². The highest BCUT2D eigenvalue weighted by Crippen LogP contribution is 2.60. The molecule has 2 aliphatic carbocycles. The van der Waals surface area contributed by atoms with Gasteiger partial charge >= 0.3 is 0 Å². The van der Waals surface area contributed by atoms with E-state index in [9.17, 15) is 9.59 Å². The molecular formula is C17H16ClNO2. The first-order valence-corrected chi connectivity index (χ1v) is 7.65. The third kappa shape index (κ3) is 1.45. The molecule has 1 saturated carbocycles. The SMILES string of the molecule is Cc1ccc(N2C(=O)[C@H]3[C@@H]4C=C[C@H](C4)[C@@]3(C)C2=O)cc1Cl. The minimum absolute atomic E-state index is 0.0701. The van der Waals surface area contributed by atoms with Gasteiger partial charge in [-0.25, -0.2) is 4.90 Å². The Bertz CT molecular complexity index is 711. The maximum Gasteiger partial charge on any atom is 0.241 e. The highest BCUT2D eigenvalue weighted by Gasteiger charge is 2.67. The number of rotatable bonds is 1. The van der Waals surface area contributed by atoms with Crippen LogP contribution in [0, 0.1) is 30.1 Å². The number of carbonyl (C=O) groups is 2. The Morgan fingerprint density at radius 1 is 1.29 bits per heavy atom. The molecule has 0 radical (unpaired) electrons. The summed E-state index contributed by atoms with van der Waals surface area (Å²) >= 11 is 6.15. The summed E-state index contributed by atoms with van der Waals surface area (Å²) in [5.74, 6) is 0.0471. The van der Waals surface area contributed by atoms with E-state index in [1.54, 1.807) is 12.1 Å². The lowest BCUT2D eigenvalue weighted by atomic mass is 9.71. The van der Waals surface area contributed by atoms with Crippen LogP contribution in [0.3, 0.4) is 0 Å². The average molecular weight is 302 g/mol. The Hall–Kier alpha value is -1.61. The van der Waals surface area contributed by atoms with Crippen LogP contribution in [0.2, 0.25) is 5.02 Å². The van der Waals surface area contributed by atoms with Gasteiger partial charge in [0.05, 0.1) is 17.0 Å². The van der Waals surface area contributed by atoms with Crippen LogP contribution in [-0.2, 0) is 9.59 Å². The van der Waals surface area contributed by atoms with Gasteiger partial charge in [-0.05, 0) is 49.8 Å². The molecule has 1 heterocycles. The standard InChI is InChI=1S/C17H16ClNO2/c1-9-3-6-12(8-13(9)18)19-15(20)14-10-4-5-11(7-10)17(14,2)16(19)21/h3-6,8,10-11,14H,7H2,1-2H3/t10-,11-,14-,17-/m1/s1. The summed E-state index contributed by atoms with van der Waals surface area (Å²) in [7, 11) is 0. The second-order valence-electron chi connectivity index (χ2n) is 6.56. The Kier molecular flexibility index (Phi) is 2.48. The van der Waals surface area contributed by atoms with Gasteiger partial charge < -0.3 is 0 Å². The van der Waals surface area contributed by atoms with Gasteiger partial charge in [0.1, 0.15) is 0 Å². The summed E-state index contributed by atoms with van der Waals surface area (Å²) in [6.07, 6.45) is 5.15. The van der Waals surface area contributed by atoms with Gasteiger partial charge in [-0.2, -0.15) is 0 Å². The fourth-order valence-corrected chi connectivity index (χ4v) is 4.45. The molecule has 2 amide bonds. The molecule has 2 bridgehead atoms. The van der Waals surface area contributed by atoms with E-state index in [0.717, 1.165) is 12.0 Å². The molecule has 4 rings (SSSR count). The molecule has 1 aromatic carbocycles. The van der Waals surface area contributed by atoms with E-state index in [-0.39, 0.29) is 29.6 Å². The highest BCUT2D eigenvalue weighted by atomic mass is 35.5. The second-order valence-corrected chi connectivity index (χ2v) is 6.97. The van der Waals surface area contributed by atoms with Crippen molar-refractivity contribution in [1.82, 2.24) is 0 Å². The van der Waals surface area contributed by atoms with Gasteiger partial charge in [0.15, 0.2) is 0 Å². The molecule has 0 N–H and O–H groups in total. The number of hydrogen-bond acceptors (Lipinski definition) is 2. The summed E-state index contributed by atoms with van der Waals surface area (Å²) in [5, 5.41) is 0.580. The quantitative estimate of drug-likeness (QED) is 0.589. The fourth-order valence-electron chi connectivity index (χ4n) is 4.27. The summed E-state index contributed by atoms with van der Waals surface area (Å²) in [6.45, 7) is 3.85. The predicted molar refractivity (Wildman–Crippen MR) is 81.0 cm³/mol. The van der Waals surface area contributed by atoms with Crippen molar-refractivity contribution in [1.29, 1.82) is 0 Å². The summed E-state index contributed by atoms with van der Waals surface area (Å²) in [6, 6.07) is 5.37. The minimum atomic E-state index is -0.576. The smallest absolute Gasteiger partial charge is 0.241 e. The van der Waals surface area contributed by atoms with Crippen LogP contribution < -0.4 is 4.90 Å². The largest absolute Gasteiger partial charge is 0.274 e. The van der Waals surface area contributed by atoms with Gasteiger partial charge in [0, 0.05) is 5.02 Å². The van der Waals surface area contributed by atoms with Crippen molar-refractivity contribution < 1.29 is 9.59 Å². The molecule has 0 spiro atoms. The molecular weight excluding hydrogens is 286 g/mol. The molecule has 4 heteroatoms. The van der Waals surface area contributed by atoms with Crippen LogP contribution in [0.25, 0.3) is 0 Å². The zero-order chi connectivity index (χ0) is 14.9. The Morgan fingerprint density at radius 2 is 2.05 bits per heavy atom. The van der Waals surface area contributed by atoms with Gasteiger partial charge in [-0.3, -0.25) is 9.59 Å². The van der Waals surface area contributed by atoms with Crippen LogP contribution in [0.15, 0.2) is 30.4 Å². The van der Waals surface area contributed by atoms with E-state index in [4.69, 9.17) is 11.6 Å². The first kappa shape index (κ1) is 13.1. The first-order valence-electron chi connectivity index (χ1n) is 7.27. The van der Waals surface area contributed by atoms with Crippen molar-refractivity contribution in [2.45, 2.75) is 20.3 Å². The molecule has 1 aliphatic heterocycles. The Labute approximate surface area is 128 Å². The molecule has 1 saturated heterocycles. The molecule has 3 nitrogen and oxygen atoms in total. The molecule has 21 heavy (non-hydrogen) atoms. The monoisotopic (exact) mass is 301 g/mol. The second kappa shape index (κ2) is 3.98. The minimum Gasteiger partial charge on any atom is -0.274 e. The summed E-state index contributed by atoms with van der Waals surface area (Å²) in [4.78, 5) is 27.1. The molecule has 3 aliphatic rings. The van der Waals surface area contributed by atoms with E-state index in [0.29, 0.717) is 10.7 Å². The van der Waals surface area contributed by atoms with E-state index in [1.807, 2.05) is 19.9 Å². The molecule has 4 atom stereocenters. The number of benzene rings is 1. The lowest BCUT2D eigenvalue weighted by Crippen LogP contribution is -2.37. The number of carbonyl (C=O) groups excluding carboxylic acids is 2. The third-order valence-electron chi connectivity index (χ3n) is 5.53. The molecule has 0 aromatic heterocycles. The van der Waals surface area contributed by atoms with Gasteiger partial charge in [0.2, 0.25) is 11.8 Å². The van der Waals surface area contributed by atoms with Crippen molar-refractivity contribution in [2.24, 2.45) is 23.2 Å². The van der Waals surface area contributed by atoms with Crippen LogP contribution in [0.1, 0.15) is 18.9 Å². The number of halogens is 1. The maximum absolute atomic E-state index is 12.9.